The first kappa shape index (κ1) is 23.1. The highest BCUT2D eigenvalue weighted by Gasteiger charge is 2.40. The standard InChI is InChI=1S/C23H23FN2O6/c1-14(27)25-17-8-6-15(7-9-17)21(29)13-32-23(31)20-11-18(28)12-26(20)22(30)10-16-4-2-3-5-19(16)24/h2-9,18,20,28H,10-13H2,1H3,(H,25,27). The first-order valence-electron chi connectivity index (χ1n) is 10.0. The number of ether oxygens (including phenoxy) is 1. The van der Waals surface area contributed by atoms with Gasteiger partial charge in [0.15, 0.2) is 12.4 Å². The Morgan fingerprint density at radius 3 is 2.47 bits per heavy atom. The smallest absolute Gasteiger partial charge is 0.329 e. The number of esters is 1. The van der Waals surface area contributed by atoms with Gasteiger partial charge in [-0.3, -0.25) is 14.4 Å². The number of carbonyl (C=O) groups excluding carboxylic acids is 4. The quantitative estimate of drug-likeness (QED) is 0.499. The highest BCUT2D eigenvalue weighted by atomic mass is 19.1. The number of nitrogens with one attached hydrogen (secondary N) is 1. The molecule has 1 heterocycles. The Labute approximate surface area is 184 Å². The van der Waals surface area contributed by atoms with Crippen molar-refractivity contribution in [3.63, 3.8) is 0 Å². The summed E-state index contributed by atoms with van der Waals surface area (Å²) in [6.45, 7) is 0.745. The van der Waals surface area contributed by atoms with Crippen LogP contribution in [0.5, 0.6) is 0 Å². The van der Waals surface area contributed by atoms with Crippen LogP contribution in [-0.2, 0) is 25.5 Å². The van der Waals surface area contributed by atoms with E-state index < -0.39 is 42.2 Å². The second-order valence-electron chi connectivity index (χ2n) is 7.51. The Morgan fingerprint density at radius 2 is 1.81 bits per heavy atom. The van der Waals surface area contributed by atoms with E-state index in [0.717, 1.165) is 4.90 Å². The van der Waals surface area contributed by atoms with Crippen LogP contribution in [0.25, 0.3) is 0 Å². The van der Waals surface area contributed by atoms with E-state index in [9.17, 15) is 28.7 Å². The van der Waals surface area contributed by atoms with Gasteiger partial charge in [-0.2, -0.15) is 0 Å². The van der Waals surface area contributed by atoms with Crippen LogP contribution in [0, 0.1) is 5.82 Å². The Morgan fingerprint density at radius 1 is 1.12 bits per heavy atom. The average molecular weight is 442 g/mol. The number of hydrogen-bond donors (Lipinski definition) is 2. The van der Waals surface area contributed by atoms with Crippen LogP contribution in [0.2, 0.25) is 0 Å². The zero-order valence-electron chi connectivity index (χ0n) is 17.4. The number of benzene rings is 2. The molecular formula is C23H23FN2O6. The molecule has 2 aromatic carbocycles. The molecule has 168 valence electrons. The number of aliphatic hydroxyl groups excluding tert-OH is 1. The monoisotopic (exact) mass is 442 g/mol. The number of hydrogen-bond acceptors (Lipinski definition) is 6. The van der Waals surface area contributed by atoms with Gasteiger partial charge in [-0.1, -0.05) is 18.2 Å². The van der Waals surface area contributed by atoms with Gasteiger partial charge in [0.1, 0.15) is 11.9 Å². The van der Waals surface area contributed by atoms with Crippen molar-refractivity contribution in [2.24, 2.45) is 0 Å². The largest absolute Gasteiger partial charge is 0.456 e. The van der Waals surface area contributed by atoms with E-state index in [0.29, 0.717) is 5.69 Å². The third-order valence-electron chi connectivity index (χ3n) is 5.04. The number of halogens is 1. The predicted molar refractivity (Wildman–Crippen MR) is 112 cm³/mol. The molecule has 0 radical (unpaired) electrons. The second kappa shape index (κ2) is 10.1. The maximum Gasteiger partial charge on any atom is 0.329 e. The van der Waals surface area contributed by atoms with Crippen molar-refractivity contribution in [2.45, 2.75) is 31.9 Å². The molecule has 1 aliphatic rings. The minimum absolute atomic E-state index is 0.0263. The van der Waals surface area contributed by atoms with Crippen LogP contribution >= 0.6 is 0 Å². The van der Waals surface area contributed by atoms with E-state index in [-0.39, 0.29) is 36.4 Å². The molecule has 9 heteroatoms. The summed E-state index contributed by atoms with van der Waals surface area (Å²) in [5.74, 6) is -2.57. The number of carbonyl (C=O) groups is 4. The highest BCUT2D eigenvalue weighted by molar-refractivity contribution is 5.99. The zero-order valence-corrected chi connectivity index (χ0v) is 17.4. The molecule has 0 bridgehead atoms. The fraction of sp³-hybridized carbons (Fsp3) is 0.304. The van der Waals surface area contributed by atoms with Crippen molar-refractivity contribution in [2.75, 3.05) is 18.5 Å². The van der Waals surface area contributed by atoms with Crippen molar-refractivity contribution in [1.82, 2.24) is 4.90 Å². The second-order valence-corrected chi connectivity index (χ2v) is 7.51. The van der Waals surface area contributed by atoms with E-state index in [1.807, 2.05) is 0 Å². The Balaban J connectivity index is 1.59. The topological polar surface area (TPSA) is 113 Å². The van der Waals surface area contributed by atoms with Crippen molar-refractivity contribution in [3.05, 3.63) is 65.5 Å². The third-order valence-corrected chi connectivity index (χ3v) is 5.04. The van der Waals surface area contributed by atoms with E-state index in [4.69, 9.17) is 4.74 Å². The zero-order chi connectivity index (χ0) is 23.3. The lowest BCUT2D eigenvalue weighted by atomic mass is 10.1. The lowest BCUT2D eigenvalue weighted by Gasteiger charge is -2.23. The molecule has 2 atom stereocenters. The first-order valence-corrected chi connectivity index (χ1v) is 10.0. The summed E-state index contributed by atoms with van der Waals surface area (Å²) in [5, 5.41) is 12.5. The number of aliphatic hydroxyl groups is 1. The molecule has 8 nitrogen and oxygen atoms in total. The van der Waals surface area contributed by atoms with E-state index >= 15 is 0 Å². The van der Waals surface area contributed by atoms with E-state index in [1.54, 1.807) is 18.2 Å². The Hall–Kier alpha value is -3.59. The minimum Gasteiger partial charge on any atom is -0.456 e. The molecule has 1 aliphatic heterocycles. The SMILES string of the molecule is CC(=O)Nc1ccc(C(=O)COC(=O)C2CC(O)CN2C(=O)Cc2ccccc2F)cc1. The number of nitrogens with zero attached hydrogens (tertiary/aromatic N) is 1. The summed E-state index contributed by atoms with van der Waals surface area (Å²) in [6, 6.07) is 10.8. The van der Waals surface area contributed by atoms with Crippen LogP contribution in [-0.4, -0.2) is 58.9 Å². The summed E-state index contributed by atoms with van der Waals surface area (Å²) in [7, 11) is 0. The lowest BCUT2D eigenvalue weighted by molar-refractivity contribution is -0.152. The number of likely N-dealkylation sites (tertiary alicyclic amines) is 1. The molecule has 2 amide bonds. The Kier molecular flexibility index (Phi) is 7.32. The third kappa shape index (κ3) is 5.76. The van der Waals surface area contributed by atoms with Crippen LogP contribution in [0.15, 0.2) is 48.5 Å². The molecule has 0 aromatic heterocycles. The van der Waals surface area contributed by atoms with Crippen molar-refractivity contribution in [3.8, 4) is 0 Å². The molecule has 0 aliphatic carbocycles. The maximum atomic E-state index is 13.9. The van der Waals surface area contributed by atoms with Gasteiger partial charge in [-0.25, -0.2) is 9.18 Å². The van der Waals surface area contributed by atoms with Gasteiger partial charge >= 0.3 is 5.97 Å². The molecule has 2 unspecified atom stereocenters. The molecule has 32 heavy (non-hydrogen) atoms. The van der Waals surface area contributed by atoms with E-state index in [2.05, 4.69) is 5.32 Å². The van der Waals surface area contributed by atoms with E-state index in [1.165, 1.54) is 37.3 Å². The van der Waals surface area contributed by atoms with Gasteiger partial charge in [-0.15, -0.1) is 0 Å². The number of rotatable bonds is 7. The number of Topliss-reactive ketones (excluding diaryl/α,β-unsaturated/α-hetero) is 1. The van der Waals surface area contributed by atoms with Gasteiger partial charge in [0.05, 0.1) is 12.5 Å². The summed E-state index contributed by atoms with van der Waals surface area (Å²) >= 11 is 0. The minimum atomic E-state index is -1.06. The fourth-order valence-electron chi connectivity index (χ4n) is 3.48. The van der Waals surface area contributed by atoms with Gasteiger partial charge in [0, 0.05) is 31.1 Å². The fourth-order valence-corrected chi connectivity index (χ4v) is 3.48. The summed E-state index contributed by atoms with van der Waals surface area (Å²) in [6.07, 6.45) is -1.21. The number of anilines is 1. The first-order chi connectivity index (χ1) is 15.2. The molecule has 1 saturated heterocycles. The van der Waals surface area contributed by atoms with Gasteiger partial charge in [0.2, 0.25) is 11.8 Å². The van der Waals surface area contributed by atoms with Crippen molar-refractivity contribution >= 4 is 29.3 Å². The van der Waals surface area contributed by atoms with Gasteiger partial charge in [-0.05, 0) is 35.9 Å². The summed E-state index contributed by atoms with van der Waals surface area (Å²) in [4.78, 5) is 49.7. The van der Waals surface area contributed by atoms with Crippen molar-refractivity contribution < 1.29 is 33.4 Å². The van der Waals surface area contributed by atoms with Crippen LogP contribution in [0.4, 0.5) is 10.1 Å². The summed E-state index contributed by atoms with van der Waals surface area (Å²) < 4.78 is 19.0. The molecule has 0 spiro atoms. The average Bonchev–Trinajstić information content (AvgIpc) is 3.15. The van der Waals surface area contributed by atoms with Gasteiger partial charge < -0.3 is 20.1 Å². The number of β-amino-alcohol motifs (C(OH)–C–C–N with tert-alkyl or cyclic N) is 1. The summed E-state index contributed by atoms with van der Waals surface area (Å²) in [5.41, 5.74) is 0.990. The molecule has 1 fully saturated rings. The molecular weight excluding hydrogens is 419 g/mol. The number of ketones is 1. The van der Waals surface area contributed by atoms with Crippen LogP contribution in [0.3, 0.4) is 0 Å². The van der Waals surface area contributed by atoms with Crippen molar-refractivity contribution in [1.29, 1.82) is 0 Å². The molecule has 3 rings (SSSR count). The lowest BCUT2D eigenvalue weighted by Crippen LogP contribution is -2.42. The predicted octanol–water partition coefficient (Wildman–Crippen LogP) is 1.71. The van der Waals surface area contributed by atoms with Crippen LogP contribution < -0.4 is 5.32 Å². The Bertz CT molecular complexity index is 1020. The number of amides is 2. The normalized spacial score (nSPS) is 17.7. The highest BCUT2D eigenvalue weighted by Crippen LogP contribution is 2.21. The van der Waals surface area contributed by atoms with Crippen LogP contribution in [0.1, 0.15) is 29.3 Å². The molecule has 0 saturated carbocycles. The van der Waals surface area contributed by atoms with Gasteiger partial charge in [0.25, 0.3) is 0 Å². The maximum absolute atomic E-state index is 13.9. The molecule has 2 N–H and O–H groups in total. The molecule has 2 aromatic rings.